The van der Waals surface area contributed by atoms with Crippen molar-refractivity contribution < 1.29 is 14.3 Å². The Hall–Kier alpha value is -1.84. The van der Waals surface area contributed by atoms with Gasteiger partial charge in [-0.15, -0.1) is 0 Å². The first-order valence-corrected chi connectivity index (χ1v) is 6.85. The van der Waals surface area contributed by atoms with Crippen molar-refractivity contribution >= 4 is 11.9 Å². The smallest absolute Gasteiger partial charge is 0.328 e. The number of esters is 1. The first-order chi connectivity index (χ1) is 9.23. The number of nitrogens with one attached hydrogen (secondary N) is 1. The zero-order valence-electron chi connectivity index (χ0n) is 12.8. The summed E-state index contributed by atoms with van der Waals surface area (Å²) >= 11 is 0. The Balaban J connectivity index is 2.62. The summed E-state index contributed by atoms with van der Waals surface area (Å²) in [5, 5.41) is 2.64. The highest BCUT2D eigenvalue weighted by molar-refractivity contribution is 5.96. The van der Waals surface area contributed by atoms with Crippen LogP contribution in [0.2, 0.25) is 0 Å². The Labute approximate surface area is 120 Å². The molecule has 110 valence electrons. The third-order valence-corrected chi connectivity index (χ3v) is 2.73. The van der Waals surface area contributed by atoms with Gasteiger partial charge in [0, 0.05) is 5.56 Å². The van der Waals surface area contributed by atoms with Crippen LogP contribution in [0, 0.1) is 0 Å². The predicted molar refractivity (Wildman–Crippen MR) is 78.6 cm³/mol. The zero-order valence-corrected chi connectivity index (χ0v) is 12.8. The van der Waals surface area contributed by atoms with Gasteiger partial charge < -0.3 is 10.1 Å². The summed E-state index contributed by atoms with van der Waals surface area (Å²) in [5.74, 6) is -0.706. The molecule has 0 saturated heterocycles. The highest BCUT2D eigenvalue weighted by Gasteiger charge is 2.23. The molecule has 20 heavy (non-hydrogen) atoms. The van der Waals surface area contributed by atoms with Crippen LogP contribution in [-0.4, -0.2) is 23.5 Å². The minimum atomic E-state index is -0.674. The number of carbonyl (C=O) groups is 2. The molecule has 0 aliphatic carbocycles. The van der Waals surface area contributed by atoms with E-state index in [2.05, 4.69) is 12.2 Å². The first kappa shape index (κ1) is 16.2. The highest BCUT2D eigenvalue weighted by atomic mass is 16.6. The molecule has 1 amide bonds. The maximum Gasteiger partial charge on any atom is 0.328 e. The van der Waals surface area contributed by atoms with Gasteiger partial charge in [-0.25, -0.2) is 4.79 Å². The maximum atomic E-state index is 12.0. The normalized spacial score (nSPS) is 12.7. The van der Waals surface area contributed by atoms with Crippen LogP contribution in [-0.2, 0) is 16.0 Å². The van der Waals surface area contributed by atoms with Crippen LogP contribution >= 0.6 is 0 Å². The number of carbonyl (C=O) groups excluding carboxylic acids is 2. The molecule has 1 rings (SSSR count). The molecule has 0 unspecified atom stereocenters. The van der Waals surface area contributed by atoms with Gasteiger partial charge in [-0.3, -0.25) is 4.79 Å². The van der Waals surface area contributed by atoms with Crippen molar-refractivity contribution in [1.82, 2.24) is 5.32 Å². The summed E-state index contributed by atoms with van der Waals surface area (Å²) in [4.78, 5) is 23.8. The van der Waals surface area contributed by atoms with E-state index >= 15 is 0 Å². The summed E-state index contributed by atoms with van der Waals surface area (Å²) in [7, 11) is 0. The second-order valence-corrected chi connectivity index (χ2v) is 5.78. The third kappa shape index (κ3) is 5.03. The molecule has 4 heteroatoms. The van der Waals surface area contributed by atoms with Crippen molar-refractivity contribution in [2.45, 2.75) is 52.7 Å². The largest absolute Gasteiger partial charge is 0.458 e. The first-order valence-electron chi connectivity index (χ1n) is 6.85. The van der Waals surface area contributed by atoms with Crippen molar-refractivity contribution in [3.8, 4) is 0 Å². The van der Waals surface area contributed by atoms with Gasteiger partial charge in [0.05, 0.1) is 0 Å². The predicted octanol–water partition coefficient (Wildman–Crippen LogP) is 2.71. The van der Waals surface area contributed by atoms with Crippen LogP contribution in [0.4, 0.5) is 0 Å². The maximum absolute atomic E-state index is 12.0. The lowest BCUT2D eigenvalue weighted by Gasteiger charge is -2.22. The fourth-order valence-corrected chi connectivity index (χ4v) is 1.62. The van der Waals surface area contributed by atoms with Crippen molar-refractivity contribution in [1.29, 1.82) is 0 Å². The molecule has 1 aromatic carbocycles. The number of hydrogen-bond acceptors (Lipinski definition) is 3. The van der Waals surface area contributed by atoms with E-state index in [1.54, 1.807) is 39.8 Å². The molecule has 1 aromatic rings. The quantitative estimate of drug-likeness (QED) is 0.861. The van der Waals surface area contributed by atoms with Crippen LogP contribution in [0.25, 0.3) is 0 Å². The molecule has 0 aromatic heterocycles. The van der Waals surface area contributed by atoms with E-state index < -0.39 is 17.6 Å². The zero-order chi connectivity index (χ0) is 15.3. The Bertz CT molecular complexity index is 471. The lowest BCUT2D eigenvalue weighted by molar-refractivity contribution is -0.156. The Morgan fingerprint density at radius 3 is 2.20 bits per heavy atom. The summed E-state index contributed by atoms with van der Waals surface area (Å²) in [6, 6.07) is 6.67. The Morgan fingerprint density at radius 2 is 1.75 bits per heavy atom. The van der Waals surface area contributed by atoms with Crippen LogP contribution in [0.1, 0.15) is 50.5 Å². The molecular formula is C16H23NO3. The Morgan fingerprint density at radius 1 is 1.20 bits per heavy atom. The van der Waals surface area contributed by atoms with Gasteiger partial charge in [0.15, 0.2) is 0 Å². The van der Waals surface area contributed by atoms with E-state index in [-0.39, 0.29) is 5.91 Å². The summed E-state index contributed by atoms with van der Waals surface area (Å²) in [6.45, 7) is 9.06. The molecule has 0 fully saturated rings. The monoisotopic (exact) mass is 277 g/mol. The van der Waals surface area contributed by atoms with Crippen molar-refractivity contribution in [2.75, 3.05) is 0 Å². The molecule has 0 radical (unpaired) electrons. The van der Waals surface area contributed by atoms with Gasteiger partial charge in [-0.1, -0.05) is 19.1 Å². The number of benzene rings is 1. The van der Waals surface area contributed by atoms with E-state index in [4.69, 9.17) is 4.74 Å². The van der Waals surface area contributed by atoms with Crippen LogP contribution in [0.15, 0.2) is 24.3 Å². The fraction of sp³-hybridized carbons (Fsp3) is 0.500. The van der Waals surface area contributed by atoms with Gasteiger partial charge >= 0.3 is 5.97 Å². The molecule has 1 N–H and O–H groups in total. The van der Waals surface area contributed by atoms with Crippen LogP contribution < -0.4 is 5.32 Å². The molecule has 1 atom stereocenters. The number of hydrogen-bond donors (Lipinski definition) is 1. The van der Waals surface area contributed by atoms with Crippen LogP contribution in [0.3, 0.4) is 0 Å². The lowest BCUT2D eigenvalue weighted by atomic mass is 10.1. The van der Waals surface area contributed by atoms with E-state index in [1.165, 1.54) is 5.56 Å². The average Bonchev–Trinajstić information content (AvgIpc) is 2.36. The summed E-state index contributed by atoms with van der Waals surface area (Å²) < 4.78 is 5.22. The molecule has 0 saturated carbocycles. The minimum absolute atomic E-state index is 0.272. The average molecular weight is 277 g/mol. The highest BCUT2D eigenvalue weighted by Crippen LogP contribution is 2.09. The number of amides is 1. The van der Waals surface area contributed by atoms with Crippen molar-refractivity contribution in [3.05, 3.63) is 35.4 Å². The van der Waals surface area contributed by atoms with Gasteiger partial charge in [-0.2, -0.15) is 0 Å². The SMILES string of the molecule is CCc1ccc(C(=O)N[C@@H](C)C(=O)OC(C)(C)C)cc1. The standard InChI is InChI=1S/C16H23NO3/c1-6-12-7-9-13(10-8-12)14(18)17-11(2)15(19)20-16(3,4)5/h7-11H,6H2,1-5H3,(H,17,18)/t11-/m0/s1. The van der Waals surface area contributed by atoms with Crippen molar-refractivity contribution in [3.63, 3.8) is 0 Å². The summed E-state index contributed by atoms with van der Waals surface area (Å²) in [5.41, 5.74) is 1.15. The number of rotatable bonds is 4. The van der Waals surface area contributed by atoms with E-state index in [9.17, 15) is 9.59 Å². The summed E-state index contributed by atoms with van der Waals surface area (Å²) in [6.07, 6.45) is 0.927. The molecule has 0 aliphatic rings. The molecule has 0 spiro atoms. The molecular weight excluding hydrogens is 254 g/mol. The van der Waals surface area contributed by atoms with Gasteiger partial charge in [0.25, 0.3) is 5.91 Å². The molecule has 0 bridgehead atoms. The lowest BCUT2D eigenvalue weighted by Crippen LogP contribution is -2.42. The van der Waals surface area contributed by atoms with E-state index in [0.717, 1.165) is 6.42 Å². The molecule has 0 heterocycles. The second-order valence-electron chi connectivity index (χ2n) is 5.78. The third-order valence-electron chi connectivity index (χ3n) is 2.73. The van der Waals surface area contributed by atoms with Gasteiger partial charge in [0.1, 0.15) is 11.6 Å². The van der Waals surface area contributed by atoms with E-state index in [1.807, 2.05) is 12.1 Å². The number of aryl methyl sites for hydroxylation is 1. The van der Waals surface area contributed by atoms with Gasteiger partial charge in [0.2, 0.25) is 0 Å². The minimum Gasteiger partial charge on any atom is -0.458 e. The van der Waals surface area contributed by atoms with Crippen LogP contribution in [0.5, 0.6) is 0 Å². The van der Waals surface area contributed by atoms with E-state index in [0.29, 0.717) is 5.56 Å². The topological polar surface area (TPSA) is 55.4 Å². The molecule has 4 nitrogen and oxygen atoms in total. The fourth-order valence-electron chi connectivity index (χ4n) is 1.62. The van der Waals surface area contributed by atoms with Gasteiger partial charge in [-0.05, 0) is 51.8 Å². The van der Waals surface area contributed by atoms with Crippen molar-refractivity contribution in [2.24, 2.45) is 0 Å². The molecule has 0 aliphatic heterocycles. The number of ether oxygens (including phenoxy) is 1. The Kier molecular flexibility index (Phi) is 5.31. The second kappa shape index (κ2) is 6.55.